The molecule has 1 aliphatic heterocycles. The number of benzene rings is 1. The highest BCUT2D eigenvalue weighted by molar-refractivity contribution is 7.89. The van der Waals surface area contributed by atoms with Gasteiger partial charge in [-0.05, 0) is 37.0 Å². The van der Waals surface area contributed by atoms with Gasteiger partial charge in [0.15, 0.2) is 0 Å². The van der Waals surface area contributed by atoms with Crippen molar-refractivity contribution < 1.29 is 17.9 Å². The Morgan fingerprint density at radius 3 is 2.64 bits per heavy atom. The Labute approximate surface area is 159 Å². The second-order valence-electron chi connectivity index (χ2n) is 5.62. The van der Waals surface area contributed by atoms with Gasteiger partial charge in [0.05, 0.1) is 10.9 Å². The van der Waals surface area contributed by atoms with Crippen LogP contribution in [0.4, 0.5) is 0 Å². The van der Waals surface area contributed by atoms with Crippen molar-refractivity contribution in [3.63, 3.8) is 0 Å². The van der Waals surface area contributed by atoms with Gasteiger partial charge in [0.25, 0.3) is 0 Å². The summed E-state index contributed by atoms with van der Waals surface area (Å²) in [5.74, 6) is -0.175. The van der Waals surface area contributed by atoms with Gasteiger partial charge in [-0.25, -0.2) is 13.1 Å². The highest BCUT2D eigenvalue weighted by Gasteiger charge is 2.26. The molecular weight excluding hydrogens is 389 g/mol. The van der Waals surface area contributed by atoms with E-state index >= 15 is 0 Å². The summed E-state index contributed by atoms with van der Waals surface area (Å²) in [7, 11) is -3.65. The summed E-state index contributed by atoms with van der Waals surface area (Å²) in [6.07, 6.45) is 1.52. The molecule has 1 heterocycles. The lowest BCUT2D eigenvalue weighted by molar-refractivity contribution is -0.124. The lowest BCUT2D eigenvalue weighted by Gasteiger charge is -2.26. The van der Waals surface area contributed by atoms with Crippen molar-refractivity contribution in [3.05, 3.63) is 29.3 Å². The van der Waals surface area contributed by atoms with Gasteiger partial charge in [0.1, 0.15) is 0 Å². The van der Waals surface area contributed by atoms with Gasteiger partial charge in [-0.2, -0.15) is 0 Å². The smallest absolute Gasteiger partial charge is 0.240 e. The summed E-state index contributed by atoms with van der Waals surface area (Å²) in [5.41, 5.74) is 5.95. The van der Waals surface area contributed by atoms with E-state index in [-0.39, 0.29) is 42.2 Å². The van der Waals surface area contributed by atoms with E-state index in [1.54, 1.807) is 12.1 Å². The van der Waals surface area contributed by atoms with E-state index in [4.69, 9.17) is 22.1 Å². The number of hydrogen-bond acceptors (Lipinski definition) is 5. The predicted molar refractivity (Wildman–Crippen MR) is 98.4 cm³/mol. The highest BCUT2D eigenvalue weighted by atomic mass is 35.5. The largest absolute Gasteiger partial charge is 0.381 e. The first-order valence-corrected chi connectivity index (χ1v) is 9.62. The van der Waals surface area contributed by atoms with Crippen LogP contribution < -0.4 is 15.8 Å². The zero-order valence-electron chi connectivity index (χ0n) is 13.6. The van der Waals surface area contributed by atoms with Crippen LogP contribution in [0.2, 0.25) is 5.02 Å². The maximum atomic E-state index is 12.1. The second kappa shape index (κ2) is 10.3. The van der Waals surface area contributed by atoms with Gasteiger partial charge in [-0.1, -0.05) is 17.7 Å². The summed E-state index contributed by atoms with van der Waals surface area (Å²) in [6.45, 7) is 1.47. The van der Waals surface area contributed by atoms with E-state index in [1.807, 2.05) is 0 Å². The van der Waals surface area contributed by atoms with Crippen molar-refractivity contribution in [2.75, 3.05) is 26.3 Å². The quantitative estimate of drug-likeness (QED) is 0.577. The maximum absolute atomic E-state index is 12.1. The van der Waals surface area contributed by atoms with Crippen LogP contribution in [-0.4, -0.2) is 46.7 Å². The number of halogens is 2. The fourth-order valence-electron chi connectivity index (χ4n) is 2.50. The van der Waals surface area contributed by atoms with Gasteiger partial charge >= 0.3 is 0 Å². The van der Waals surface area contributed by atoms with E-state index < -0.39 is 16.1 Å². The van der Waals surface area contributed by atoms with E-state index in [1.165, 1.54) is 12.1 Å². The Morgan fingerprint density at radius 2 is 2.00 bits per heavy atom. The third kappa shape index (κ3) is 6.73. The molecule has 0 aromatic heterocycles. The summed E-state index contributed by atoms with van der Waals surface area (Å²) in [4.78, 5) is 12.1. The Hall–Kier alpha value is -0.900. The molecule has 0 saturated carbocycles. The highest BCUT2D eigenvalue weighted by Crippen LogP contribution is 2.17. The van der Waals surface area contributed by atoms with Crippen LogP contribution in [0.5, 0.6) is 0 Å². The first-order chi connectivity index (χ1) is 11.4. The zero-order valence-corrected chi connectivity index (χ0v) is 16.0. The normalized spacial score (nSPS) is 16.7. The molecule has 1 aromatic carbocycles. The number of amides is 1. The molecule has 1 saturated heterocycles. The average molecular weight is 412 g/mol. The Bertz CT molecular complexity index is 666. The van der Waals surface area contributed by atoms with E-state index in [0.717, 1.165) is 12.8 Å². The van der Waals surface area contributed by atoms with Gasteiger partial charge < -0.3 is 15.8 Å². The molecule has 0 aliphatic carbocycles. The summed E-state index contributed by atoms with van der Waals surface area (Å²) in [6, 6.07) is 5.37. The Kier molecular flexibility index (Phi) is 9.12. The minimum Gasteiger partial charge on any atom is -0.381 e. The van der Waals surface area contributed by atoms with E-state index in [2.05, 4.69) is 10.0 Å². The van der Waals surface area contributed by atoms with E-state index in [0.29, 0.717) is 18.2 Å². The van der Waals surface area contributed by atoms with Crippen molar-refractivity contribution in [3.8, 4) is 0 Å². The molecule has 1 aromatic rings. The van der Waals surface area contributed by atoms with Crippen molar-refractivity contribution in [2.45, 2.75) is 23.8 Å². The molecule has 0 bridgehead atoms. The molecule has 2 rings (SSSR count). The number of rotatable bonds is 7. The number of carbonyl (C=O) groups is 1. The monoisotopic (exact) mass is 411 g/mol. The van der Waals surface area contributed by atoms with Crippen LogP contribution in [-0.2, 0) is 19.6 Å². The Morgan fingerprint density at radius 1 is 1.32 bits per heavy atom. The van der Waals surface area contributed by atoms with Crippen LogP contribution in [0.15, 0.2) is 29.2 Å². The average Bonchev–Trinajstić information content (AvgIpc) is 2.58. The lowest BCUT2D eigenvalue weighted by atomic mass is 9.92. The number of hydrogen-bond donors (Lipinski definition) is 3. The van der Waals surface area contributed by atoms with Gasteiger partial charge in [-0.15, -0.1) is 12.4 Å². The fourth-order valence-corrected chi connectivity index (χ4v) is 3.83. The molecule has 1 unspecified atom stereocenters. The van der Waals surface area contributed by atoms with Crippen molar-refractivity contribution in [1.82, 2.24) is 10.0 Å². The van der Waals surface area contributed by atoms with Crippen LogP contribution in [0, 0.1) is 5.92 Å². The third-order valence-corrected chi connectivity index (χ3v) is 5.59. The van der Waals surface area contributed by atoms with Gasteiger partial charge in [0.2, 0.25) is 15.9 Å². The minimum atomic E-state index is -3.65. The number of carbonyl (C=O) groups excluding carboxylic acids is 1. The predicted octanol–water partition coefficient (Wildman–Crippen LogP) is 0.910. The molecule has 0 spiro atoms. The van der Waals surface area contributed by atoms with Crippen molar-refractivity contribution in [1.29, 1.82) is 0 Å². The molecule has 1 aliphatic rings. The standard InChI is InChI=1S/C15H22ClN3O4S.ClH/c16-12-2-1-3-13(10-12)24(21,22)19-7-6-18-15(20)14(17)11-4-8-23-9-5-11;/h1-3,10-11,14,19H,4-9,17H2,(H,18,20);1H. The molecular formula is C15H23Cl2N3O4S. The first-order valence-electron chi connectivity index (χ1n) is 7.76. The zero-order chi connectivity index (χ0) is 17.6. The van der Waals surface area contributed by atoms with E-state index in [9.17, 15) is 13.2 Å². The van der Waals surface area contributed by atoms with Crippen LogP contribution in [0.1, 0.15) is 12.8 Å². The fraction of sp³-hybridized carbons (Fsp3) is 0.533. The molecule has 1 atom stereocenters. The molecule has 4 N–H and O–H groups in total. The Balaban J connectivity index is 0.00000312. The van der Waals surface area contributed by atoms with Crippen LogP contribution in [0.25, 0.3) is 0 Å². The SMILES string of the molecule is Cl.NC(C(=O)NCCNS(=O)(=O)c1cccc(Cl)c1)C1CCOCC1. The minimum absolute atomic E-state index is 0. The molecule has 7 nitrogen and oxygen atoms in total. The summed E-state index contributed by atoms with van der Waals surface area (Å²) < 4.78 is 31.8. The second-order valence-corrected chi connectivity index (χ2v) is 7.83. The molecule has 0 radical (unpaired) electrons. The number of nitrogens with one attached hydrogen (secondary N) is 2. The van der Waals surface area contributed by atoms with Crippen molar-refractivity contribution >= 4 is 39.9 Å². The summed E-state index contributed by atoms with van der Waals surface area (Å²) in [5, 5.41) is 3.00. The number of nitrogens with two attached hydrogens (primary N) is 1. The van der Waals surface area contributed by atoms with Gasteiger partial charge in [-0.3, -0.25) is 4.79 Å². The topological polar surface area (TPSA) is 111 Å². The summed E-state index contributed by atoms with van der Waals surface area (Å²) >= 11 is 5.79. The third-order valence-electron chi connectivity index (χ3n) is 3.90. The lowest BCUT2D eigenvalue weighted by Crippen LogP contribution is -2.48. The molecule has 1 fully saturated rings. The van der Waals surface area contributed by atoms with Crippen LogP contribution in [0.3, 0.4) is 0 Å². The maximum Gasteiger partial charge on any atom is 0.240 e. The first kappa shape index (κ1) is 22.1. The number of sulfonamides is 1. The molecule has 10 heteroatoms. The van der Waals surface area contributed by atoms with Crippen molar-refractivity contribution in [2.24, 2.45) is 11.7 Å². The number of ether oxygens (including phenoxy) is 1. The molecule has 142 valence electrons. The van der Waals surface area contributed by atoms with Gasteiger partial charge in [0, 0.05) is 31.3 Å². The molecule has 25 heavy (non-hydrogen) atoms. The van der Waals surface area contributed by atoms with Crippen LogP contribution >= 0.6 is 24.0 Å². The molecule has 1 amide bonds.